The minimum Gasteiger partial charge on any atom is -0.507 e. The second kappa shape index (κ2) is 11.3. The van der Waals surface area contributed by atoms with Crippen LogP contribution in [0.25, 0.3) is 11.3 Å². The molecule has 2 amide bonds. The van der Waals surface area contributed by atoms with Crippen LogP contribution in [-0.2, 0) is 18.0 Å². The van der Waals surface area contributed by atoms with Gasteiger partial charge in [0.1, 0.15) is 24.8 Å². The summed E-state index contributed by atoms with van der Waals surface area (Å²) in [6, 6.07) is 12.9. The molecule has 0 saturated carbocycles. The Labute approximate surface area is 219 Å². The van der Waals surface area contributed by atoms with E-state index in [1.165, 1.54) is 12.1 Å². The summed E-state index contributed by atoms with van der Waals surface area (Å²) in [5.74, 6) is -0.373. The Morgan fingerprint density at radius 3 is 2.46 bits per heavy atom. The van der Waals surface area contributed by atoms with Gasteiger partial charge in [0, 0.05) is 45.2 Å². The number of amides is 2. The molecule has 0 radical (unpaired) electrons. The molecule has 0 atom stereocenters. The minimum atomic E-state index is -1.19. The minimum absolute atomic E-state index is 0.0312. The second-order valence-corrected chi connectivity index (χ2v) is 9.79. The van der Waals surface area contributed by atoms with Gasteiger partial charge in [0.05, 0.1) is 5.69 Å². The van der Waals surface area contributed by atoms with Crippen molar-refractivity contribution in [1.29, 1.82) is 0 Å². The number of carboxylic acid groups (broad SMARTS) is 1. The molecule has 0 bridgehead atoms. The number of anilines is 3. The largest absolute Gasteiger partial charge is 0.507 e. The first-order valence-electron chi connectivity index (χ1n) is 11.4. The highest BCUT2D eigenvalue weighted by molar-refractivity contribution is 6.30. The number of phenolic OH excluding ortho intramolecular Hbond substituents is 1. The number of nitrogen functional groups attached to an aromatic ring is 1. The predicted octanol–water partition coefficient (Wildman–Crippen LogP) is 5.30. The van der Waals surface area contributed by atoms with E-state index in [1.807, 2.05) is 0 Å². The van der Waals surface area contributed by atoms with Crippen molar-refractivity contribution in [2.45, 2.75) is 39.5 Å². The number of alkyl halides is 1. The topological polar surface area (TPSA) is 141 Å². The van der Waals surface area contributed by atoms with Gasteiger partial charge in [0.25, 0.3) is 0 Å². The number of hydrogen-bond acceptors (Lipinski definition) is 6. The van der Waals surface area contributed by atoms with Crippen LogP contribution in [0.4, 0.5) is 26.4 Å². The molecule has 9 nitrogen and oxygen atoms in total. The first-order valence-corrected chi connectivity index (χ1v) is 11.7. The fourth-order valence-electron chi connectivity index (χ4n) is 3.56. The zero-order valence-corrected chi connectivity index (χ0v) is 21.4. The van der Waals surface area contributed by atoms with Gasteiger partial charge in [-0.05, 0) is 63.2 Å². The highest BCUT2D eigenvalue weighted by atomic mass is 35.5. The molecule has 6 N–H and O–H groups in total. The summed E-state index contributed by atoms with van der Waals surface area (Å²) in [5.41, 5.74) is 8.20. The maximum Gasteiger partial charge on any atom is 0.408 e. The molecule has 11 heteroatoms. The van der Waals surface area contributed by atoms with Gasteiger partial charge < -0.3 is 26.6 Å². The Morgan fingerprint density at radius 1 is 1.11 bits per heavy atom. The number of halogens is 2. The third-order valence-corrected chi connectivity index (χ3v) is 5.83. The smallest absolute Gasteiger partial charge is 0.408 e. The van der Waals surface area contributed by atoms with Crippen LogP contribution in [0.3, 0.4) is 0 Å². The van der Waals surface area contributed by atoms with Crippen molar-refractivity contribution in [3.05, 3.63) is 64.7 Å². The lowest BCUT2D eigenvalue weighted by Crippen LogP contribution is -2.49. The lowest BCUT2D eigenvalue weighted by molar-refractivity contribution is -0.123. The summed E-state index contributed by atoms with van der Waals surface area (Å²) < 4.78 is 13.4. The molecule has 3 rings (SSSR count). The van der Waals surface area contributed by atoms with Crippen LogP contribution >= 0.6 is 11.6 Å². The second-order valence-electron chi connectivity index (χ2n) is 9.35. The normalized spacial score (nSPS) is 11.2. The average molecular weight is 530 g/mol. The number of benzene rings is 2. The summed E-state index contributed by atoms with van der Waals surface area (Å²) in [6.45, 7) is 4.12. The van der Waals surface area contributed by atoms with Crippen LogP contribution in [0, 0.1) is 0 Å². The maximum absolute atomic E-state index is 13.4. The summed E-state index contributed by atoms with van der Waals surface area (Å²) in [7, 11) is 0. The number of rotatable bonds is 8. The van der Waals surface area contributed by atoms with Crippen LogP contribution in [0.2, 0.25) is 5.02 Å². The zero-order valence-electron chi connectivity index (χ0n) is 20.7. The van der Waals surface area contributed by atoms with E-state index < -0.39 is 24.2 Å². The molecule has 0 aliphatic rings. The van der Waals surface area contributed by atoms with Gasteiger partial charge in [-0.15, -0.1) is 0 Å². The Kier molecular flexibility index (Phi) is 8.44. The number of carbonyl (C=O) groups excluding carboxylic acids is 1. The van der Waals surface area contributed by atoms with Crippen molar-refractivity contribution in [2.75, 3.05) is 17.6 Å². The van der Waals surface area contributed by atoms with Gasteiger partial charge in [-0.3, -0.25) is 9.69 Å². The molecule has 1 aromatic heterocycles. The molecule has 0 unspecified atom stereocenters. The molecule has 37 heavy (non-hydrogen) atoms. The van der Waals surface area contributed by atoms with Crippen LogP contribution in [0.5, 0.6) is 5.75 Å². The molecule has 1 heterocycles. The van der Waals surface area contributed by atoms with E-state index in [9.17, 15) is 24.2 Å². The van der Waals surface area contributed by atoms with E-state index in [-0.39, 0.29) is 24.7 Å². The predicted molar refractivity (Wildman–Crippen MR) is 142 cm³/mol. The Bertz CT molecular complexity index is 1310. The lowest BCUT2D eigenvalue weighted by atomic mass is 10.1. The molecule has 0 fully saturated rings. The molecule has 0 aliphatic heterocycles. The summed E-state index contributed by atoms with van der Waals surface area (Å²) >= 11 is 5.95. The van der Waals surface area contributed by atoms with Gasteiger partial charge in [0.2, 0.25) is 5.91 Å². The quantitative estimate of drug-likeness (QED) is 0.249. The fraction of sp³-hybridized carbons (Fsp3) is 0.269. The fourth-order valence-corrected chi connectivity index (χ4v) is 3.75. The van der Waals surface area contributed by atoms with Crippen molar-refractivity contribution in [1.82, 2.24) is 15.2 Å². The van der Waals surface area contributed by atoms with Gasteiger partial charge in [-0.1, -0.05) is 17.7 Å². The number of aromatic nitrogens is 1. The molecule has 0 aliphatic carbocycles. The van der Waals surface area contributed by atoms with Gasteiger partial charge in [0.15, 0.2) is 0 Å². The molecule has 2 aromatic carbocycles. The Hall–Kier alpha value is -4.05. The van der Waals surface area contributed by atoms with Gasteiger partial charge in [-0.25, -0.2) is 14.2 Å². The first kappa shape index (κ1) is 27.5. The highest BCUT2D eigenvalue weighted by Gasteiger charge is 2.28. The monoisotopic (exact) mass is 529 g/mol. The third-order valence-electron chi connectivity index (χ3n) is 5.59. The summed E-state index contributed by atoms with van der Waals surface area (Å²) in [4.78, 5) is 29.2. The SMILES string of the molecule is CC(C)(C)N(CC(=O)NCc1ccc(-c2cc(Nc3ccc(Cl)cc3CF)ccc2O)nc1N)C(=O)O. The van der Waals surface area contributed by atoms with Crippen molar-refractivity contribution < 1.29 is 24.2 Å². The van der Waals surface area contributed by atoms with Crippen LogP contribution < -0.4 is 16.4 Å². The molecule has 0 spiro atoms. The van der Waals surface area contributed by atoms with E-state index in [2.05, 4.69) is 15.6 Å². The lowest BCUT2D eigenvalue weighted by Gasteiger charge is -2.32. The molecular weight excluding hydrogens is 501 g/mol. The van der Waals surface area contributed by atoms with E-state index in [0.29, 0.717) is 38.8 Å². The summed E-state index contributed by atoms with van der Waals surface area (Å²) in [5, 5.41) is 26.0. The van der Waals surface area contributed by atoms with Crippen molar-refractivity contribution >= 4 is 40.8 Å². The number of nitrogens with two attached hydrogens (primary N) is 1. The van der Waals surface area contributed by atoms with Crippen LogP contribution in [0.1, 0.15) is 31.9 Å². The summed E-state index contributed by atoms with van der Waals surface area (Å²) in [6.07, 6.45) is -1.19. The highest BCUT2D eigenvalue weighted by Crippen LogP contribution is 2.33. The standard InChI is InChI=1S/C26H29ClFN5O4/c1-26(2,3)33(25(36)37)14-23(35)30-13-15-4-7-21(32-24(15)29)19-11-18(6-9-22(19)34)31-20-8-5-17(27)10-16(20)12-28/h4-11,31,34H,12-14H2,1-3H3,(H2,29,32)(H,30,35)(H,36,37). The number of nitrogens with one attached hydrogen (secondary N) is 2. The number of carbonyl (C=O) groups is 2. The molecule has 196 valence electrons. The van der Waals surface area contributed by atoms with Gasteiger partial charge >= 0.3 is 6.09 Å². The third kappa shape index (κ3) is 7.01. The number of pyridine rings is 1. The van der Waals surface area contributed by atoms with Crippen molar-refractivity contribution in [2.24, 2.45) is 0 Å². The zero-order chi connectivity index (χ0) is 27.3. The van der Waals surface area contributed by atoms with E-state index in [4.69, 9.17) is 17.3 Å². The van der Waals surface area contributed by atoms with E-state index in [1.54, 1.807) is 57.2 Å². The molecule has 3 aromatic rings. The number of hydrogen-bond donors (Lipinski definition) is 5. The van der Waals surface area contributed by atoms with Crippen LogP contribution in [-0.4, -0.2) is 44.2 Å². The van der Waals surface area contributed by atoms with E-state index in [0.717, 1.165) is 4.90 Å². The Morgan fingerprint density at radius 2 is 1.84 bits per heavy atom. The van der Waals surface area contributed by atoms with Crippen molar-refractivity contribution in [3.63, 3.8) is 0 Å². The van der Waals surface area contributed by atoms with Gasteiger partial charge in [-0.2, -0.15) is 0 Å². The average Bonchev–Trinajstić information content (AvgIpc) is 2.83. The molecule has 0 saturated heterocycles. The Balaban J connectivity index is 1.75. The number of aromatic hydroxyl groups is 1. The number of phenols is 1. The number of nitrogens with zero attached hydrogens (tertiary/aromatic N) is 2. The first-order chi connectivity index (χ1) is 17.4. The van der Waals surface area contributed by atoms with Crippen LogP contribution in [0.15, 0.2) is 48.5 Å². The molecular formula is C26H29ClFN5O4. The van der Waals surface area contributed by atoms with Crippen molar-refractivity contribution in [3.8, 4) is 17.0 Å². The van der Waals surface area contributed by atoms with E-state index >= 15 is 0 Å². The maximum atomic E-state index is 13.4.